The number of rotatable bonds is 4. The van der Waals surface area contributed by atoms with Gasteiger partial charge in [-0.05, 0) is 18.2 Å². The summed E-state index contributed by atoms with van der Waals surface area (Å²) >= 11 is 0. The molecule has 1 fully saturated rings. The molecule has 4 heteroatoms. The van der Waals surface area contributed by atoms with Crippen molar-refractivity contribution in [3.05, 3.63) is 60.2 Å². The molecule has 1 N–H and O–H groups in total. The van der Waals surface area contributed by atoms with Crippen molar-refractivity contribution in [2.75, 3.05) is 20.1 Å². The lowest BCUT2D eigenvalue weighted by atomic mass is 9.88. The van der Waals surface area contributed by atoms with E-state index < -0.39 is 17.8 Å². The summed E-state index contributed by atoms with van der Waals surface area (Å²) in [6.07, 6.45) is 0. The van der Waals surface area contributed by atoms with Gasteiger partial charge in [0.2, 0.25) is 0 Å². The predicted molar refractivity (Wildman–Crippen MR) is 88.3 cm³/mol. The molecule has 0 aromatic heterocycles. The lowest BCUT2D eigenvalue weighted by Crippen LogP contribution is -2.28. The molecule has 0 spiro atoms. The molecule has 118 valence electrons. The van der Waals surface area contributed by atoms with E-state index in [9.17, 15) is 14.7 Å². The van der Waals surface area contributed by atoms with Gasteiger partial charge in [0, 0.05) is 24.6 Å². The Balaban J connectivity index is 1.82. The summed E-state index contributed by atoms with van der Waals surface area (Å²) in [5, 5.41) is 9.31. The zero-order valence-electron chi connectivity index (χ0n) is 13.0. The highest BCUT2D eigenvalue weighted by Gasteiger charge is 2.40. The van der Waals surface area contributed by atoms with Crippen LogP contribution in [0.3, 0.4) is 0 Å². The summed E-state index contributed by atoms with van der Waals surface area (Å²) in [5.41, 5.74) is 2.72. The normalized spacial score (nSPS) is 21.3. The highest BCUT2D eigenvalue weighted by Crippen LogP contribution is 2.27. The molecule has 4 nitrogen and oxygen atoms in total. The summed E-state index contributed by atoms with van der Waals surface area (Å²) < 4.78 is 0. The lowest BCUT2D eigenvalue weighted by Gasteiger charge is -2.13. The maximum absolute atomic E-state index is 12.7. The third kappa shape index (κ3) is 3.17. The SMILES string of the molecule is CN1CC(C(=O)O)[C@@H](C(=O)c2ccc(-c3ccccc3)cc2)C1. The number of carboxylic acid groups (broad SMARTS) is 1. The van der Waals surface area contributed by atoms with Crippen LogP contribution in [0.15, 0.2) is 54.6 Å². The van der Waals surface area contributed by atoms with Crippen molar-refractivity contribution in [3.63, 3.8) is 0 Å². The smallest absolute Gasteiger partial charge is 0.308 e. The zero-order chi connectivity index (χ0) is 16.4. The third-order valence-electron chi connectivity index (χ3n) is 4.43. The average Bonchev–Trinajstić information content (AvgIpc) is 2.97. The second-order valence-electron chi connectivity index (χ2n) is 6.08. The van der Waals surface area contributed by atoms with Crippen molar-refractivity contribution in [2.45, 2.75) is 0 Å². The molecular formula is C19H19NO3. The predicted octanol–water partition coefficient (Wildman–Crippen LogP) is 2.80. The standard InChI is InChI=1S/C19H19NO3/c1-20-11-16(17(12-20)19(22)23)18(21)15-9-7-14(8-10-15)13-5-3-2-4-6-13/h2-10,16-17H,11-12H2,1H3,(H,22,23)/t16-,17?/m0/s1. The zero-order valence-corrected chi connectivity index (χ0v) is 13.0. The molecule has 0 saturated carbocycles. The van der Waals surface area contributed by atoms with Gasteiger partial charge in [-0.1, -0.05) is 54.6 Å². The molecule has 3 rings (SSSR count). The monoisotopic (exact) mass is 309 g/mol. The van der Waals surface area contributed by atoms with Gasteiger partial charge in [-0.3, -0.25) is 9.59 Å². The van der Waals surface area contributed by atoms with Crippen molar-refractivity contribution >= 4 is 11.8 Å². The minimum absolute atomic E-state index is 0.0821. The summed E-state index contributed by atoms with van der Waals surface area (Å²) in [6, 6.07) is 17.4. The van der Waals surface area contributed by atoms with Crippen LogP contribution in [0, 0.1) is 11.8 Å². The number of likely N-dealkylation sites (tertiary alicyclic amines) is 1. The van der Waals surface area contributed by atoms with E-state index in [2.05, 4.69) is 0 Å². The fraction of sp³-hybridized carbons (Fsp3) is 0.263. The number of carboxylic acids is 1. The number of hydrogen-bond donors (Lipinski definition) is 1. The summed E-state index contributed by atoms with van der Waals surface area (Å²) in [5.74, 6) is -2.07. The molecule has 0 aliphatic carbocycles. The number of benzene rings is 2. The van der Waals surface area contributed by atoms with Crippen LogP contribution in [-0.2, 0) is 4.79 Å². The first-order valence-electron chi connectivity index (χ1n) is 7.67. The number of carbonyl (C=O) groups is 2. The fourth-order valence-corrected chi connectivity index (χ4v) is 3.19. The van der Waals surface area contributed by atoms with Gasteiger partial charge in [-0.25, -0.2) is 0 Å². The molecule has 1 saturated heterocycles. The van der Waals surface area contributed by atoms with Crippen LogP contribution in [0.2, 0.25) is 0 Å². The number of nitrogens with zero attached hydrogens (tertiary/aromatic N) is 1. The number of hydrogen-bond acceptors (Lipinski definition) is 3. The molecule has 2 aromatic carbocycles. The molecule has 23 heavy (non-hydrogen) atoms. The Labute approximate surface area is 135 Å². The molecule has 0 bridgehead atoms. The van der Waals surface area contributed by atoms with Gasteiger partial charge in [-0.15, -0.1) is 0 Å². The molecule has 0 radical (unpaired) electrons. The largest absolute Gasteiger partial charge is 0.481 e. The topological polar surface area (TPSA) is 57.6 Å². The van der Waals surface area contributed by atoms with E-state index in [1.165, 1.54) is 0 Å². The fourth-order valence-electron chi connectivity index (χ4n) is 3.19. The van der Waals surface area contributed by atoms with Gasteiger partial charge in [0.05, 0.1) is 5.92 Å². The lowest BCUT2D eigenvalue weighted by molar-refractivity contribution is -0.142. The molecular weight excluding hydrogens is 290 g/mol. The van der Waals surface area contributed by atoms with E-state index in [-0.39, 0.29) is 5.78 Å². The Hall–Kier alpha value is -2.46. The van der Waals surface area contributed by atoms with E-state index in [4.69, 9.17) is 0 Å². The number of ketones is 1. The highest BCUT2D eigenvalue weighted by atomic mass is 16.4. The number of aliphatic carboxylic acids is 1. The Morgan fingerprint density at radius 1 is 0.913 bits per heavy atom. The Kier molecular flexibility index (Phi) is 4.26. The minimum atomic E-state index is -0.895. The Morgan fingerprint density at radius 3 is 2.09 bits per heavy atom. The van der Waals surface area contributed by atoms with Crippen molar-refractivity contribution in [1.82, 2.24) is 4.90 Å². The maximum atomic E-state index is 12.7. The van der Waals surface area contributed by atoms with Crippen LogP contribution < -0.4 is 0 Å². The summed E-state index contributed by atoms with van der Waals surface area (Å²) in [6.45, 7) is 0.921. The minimum Gasteiger partial charge on any atom is -0.481 e. The van der Waals surface area contributed by atoms with Crippen molar-refractivity contribution < 1.29 is 14.7 Å². The van der Waals surface area contributed by atoms with Gasteiger partial charge < -0.3 is 10.0 Å². The number of Topliss-reactive ketones (excluding diaryl/α,β-unsaturated/α-hetero) is 1. The van der Waals surface area contributed by atoms with Crippen molar-refractivity contribution in [3.8, 4) is 11.1 Å². The van der Waals surface area contributed by atoms with Crippen LogP contribution in [0.1, 0.15) is 10.4 Å². The number of carbonyl (C=O) groups excluding carboxylic acids is 1. The van der Waals surface area contributed by atoms with Gasteiger partial charge in [-0.2, -0.15) is 0 Å². The van der Waals surface area contributed by atoms with Gasteiger partial charge >= 0.3 is 5.97 Å². The summed E-state index contributed by atoms with van der Waals surface area (Å²) in [4.78, 5) is 25.9. The Bertz CT molecular complexity index is 709. The molecule has 1 aliphatic heterocycles. The molecule has 2 aromatic rings. The van der Waals surface area contributed by atoms with Crippen LogP contribution >= 0.6 is 0 Å². The van der Waals surface area contributed by atoms with Crippen molar-refractivity contribution in [1.29, 1.82) is 0 Å². The van der Waals surface area contributed by atoms with Crippen molar-refractivity contribution in [2.24, 2.45) is 11.8 Å². The highest BCUT2D eigenvalue weighted by molar-refractivity contribution is 6.00. The van der Waals surface area contributed by atoms with Gasteiger partial charge in [0.25, 0.3) is 0 Å². The quantitative estimate of drug-likeness (QED) is 0.882. The molecule has 1 unspecified atom stereocenters. The second-order valence-corrected chi connectivity index (χ2v) is 6.08. The first-order valence-corrected chi connectivity index (χ1v) is 7.67. The van der Waals surface area contributed by atoms with E-state index in [1.807, 2.05) is 54.4 Å². The van der Waals surface area contributed by atoms with Crippen LogP contribution in [-0.4, -0.2) is 41.9 Å². The van der Waals surface area contributed by atoms with E-state index >= 15 is 0 Å². The molecule has 0 amide bonds. The van der Waals surface area contributed by atoms with Crippen LogP contribution in [0.25, 0.3) is 11.1 Å². The average molecular weight is 309 g/mol. The first-order chi connectivity index (χ1) is 11.1. The maximum Gasteiger partial charge on any atom is 0.308 e. The van der Waals surface area contributed by atoms with E-state index in [0.717, 1.165) is 11.1 Å². The molecule has 1 heterocycles. The third-order valence-corrected chi connectivity index (χ3v) is 4.43. The van der Waals surface area contributed by atoms with E-state index in [0.29, 0.717) is 18.7 Å². The summed E-state index contributed by atoms with van der Waals surface area (Å²) in [7, 11) is 1.85. The van der Waals surface area contributed by atoms with Crippen LogP contribution in [0.4, 0.5) is 0 Å². The van der Waals surface area contributed by atoms with Gasteiger partial charge in [0.1, 0.15) is 0 Å². The molecule has 1 aliphatic rings. The first kappa shape index (κ1) is 15.4. The van der Waals surface area contributed by atoms with E-state index in [1.54, 1.807) is 12.1 Å². The van der Waals surface area contributed by atoms with Crippen LogP contribution in [0.5, 0.6) is 0 Å². The molecule has 2 atom stereocenters. The second kappa shape index (κ2) is 6.34. The van der Waals surface area contributed by atoms with Gasteiger partial charge in [0.15, 0.2) is 5.78 Å². The Morgan fingerprint density at radius 2 is 1.48 bits per heavy atom.